The van der Waals surface area contributed by atoms with Crippen LogP contribution in [0.1, 0.15) is 43.9 Å². The second-order valence-corrected chi connectivity index (χ2v) is 7.99. The fraction of sp³-hybridized carbons (Fsp3) is 0.571. The normalized spacial score (nSPS) is 16.4. The summed E-state index contributed by atoms with van der Waals surface area (Å²) >= 11 is 1.36. The van der Waals surface area contributed by atoms with Crippen molar-refractivity contribution in [3.05, 3.63) is 28.7 Å². The zero-order valence-electron chi connectivity index (χ0n) is 11.3. The highest BCUT2D eigenvalue weighted by Gasteiger charge is 2.16. The van der Waals surface area contributed by atoms with Crippen LogP contribution in [0, 0.1) is 0 Å². The highest BCUT2D eigenvalue weighted by atomic mass is 32.2. The van der Waals surface area contributed by atoms with E-state index in [1.54, 1.807) is 6.07 Å². The third kappa shape index (κ3) is 4.16. The van der Waals surface area contributed by atoms with Gasteiger partial charge in [0.1, 0.15) is 4.21 Å². The van der Waals surface area contributed by atoms with Gasteiger partial charge < -0.3 is 0 Å². The second-order valence-electron chi connectivity index (χ2n) is 4.83. The minimum absolute atomic E-state index is 0.432. The number of allylic oxidation sites excluding steroid dienone is 1. The van der Waals surface area contributed by atoms with Gasteiger partial charge in [0.15, 0.2) is 0 Å². The van der Waals surface area contributed by atoms with Crippen LogP contribution < -0.4 is 4.72 Å². The van der Waals surface area contributed by atoms with E-state index in [0.717, 1.165) is 30.6 Å². The second kappa shape index (κ2) is 6.68. The lowest BCUT2D eigenvalue weighted by Gasteiger charge is -2.12. The van der Waals surface area contributed by atoms with E-state index in [4.69, 9.17) is 0 Å². The number of thiophene rings is 1. The van der Waals surface area contributed by atoms with Gasteiger partial charge in [0.2, 0.25) is 10.0 Å². The Kier molecular flexibility index (Phi) is 5.19. The molecule has 0 fully saturated rings. The molecule has 0 aromatic carbocycles. The number of nitrogens with one attached hydrogen (secondary N) is 1. The molecular weight excluding hydrogens is 278 g/mol. The third-order valence-corrected chi connectivity index (χ3v) is 6.56. The van der Waals surface area contributed by atoms with Gasteiger partial charge in [0, 0.05) is 11.4 Å². The monoisotopic (exact) mass is 299 g/mol. The van der Waals surface area contributed by atoms with Crippen LogP contribution in [0.4, 0.5) is 0 Å². The molecule has 0 amide bonds. The molecule has 1 heterocycles. The summed E-state index contributed by atoms with van der Waals surface area (Å²) in [6, 6.07) is 3.59. The number of hydrogen-bond donors (Lipinski definition) is 1. The van der Waals surface area contributed by atoms with Gasteiger partial charge in [-0.3, -0.25) is 0 Å². The van der Waals surface area contributed by atoms with Gasteiger partial charge in [-0.25, -0.2) is 13.1 Å². The molecule has 0 spiro atoms. The summed E-state index contributed by atoms with van der Waals surface area (Å²) in [6.07, 6.45) is 8.76. The van der Waals surface area contributed by atoms with E-state index >= 15 is 0 Å². The Hall–Kier alpha value is -0.650. The lowest BCUT2D eigenvalue weighted by Crippen LogP contribution is -2.24. The summed E-state index contributed by atoms with van der Waals surface area (Å²) in [5.74, 6) is 0. The summed E-state index contributed by atoms with van der Waals surface area (Å²) in [5, 5.41) is 0. The van der Waals surface area contributed by atoms with Gasteiger partial charge in [-0.15, -0.1) is 11.3 Å². The zero-order chi connectivity index (χ0) is 13.7. The Balaban J connectivity index is 1.88. The largest absolute Gasteiger partial charge is 0.250 e. The van der Waals surface area contributed by atoms with Crippen molar-refractivity contribution >= 4 is 21.4 Å². The van der Waals surface area contributed by atoms with Crippen LogP contribution in [-0.2, 0) is 16.4 Å². The highest BCUT2D eigenvalue weighted by Crippen LogP contribution is 2.22. The predicted molar refractivity (Wildman–Crippen MR) is 80.1 cm³/mol. The lowest BCUT2D eigenvalue weighted by molar-refractivity contribution is 0.581. The van der Waals surface area contributed by atoms with E-state index in [2.05, 4.69) is 10.8 Å². The molecule has 0 aliphatic heterocycles. The molecule has 3 nitrogen and oxygen atoms in total. The molecule has 19 heavy (non-hydrogen) atoms. The Morgan fingerprint density at radius 3 is 2.79 bits per heavy atom. The number of aryl methyl sites for hydroxylation is 1. The van der Waals surface area contributed by atoms with Gasteiger partial charge in [-0.05, 0) is 50.7 Å². The fourth-order valence-corrected chi connectivity index (χ4v) is 4.61. The quantitative estimate of drug-likeness (QED) is 0.817. The summed E-state index contributed by atoms with van der Waals surface area (Å²) < 4.78 is 27.3. The average molecular weight is 299 g/mol. The molecule has 5 heteroatoms. The summed E-state index contributed by atoms with van der Waals surface area (Å²) in [4.78, 5) is 1.11. The standard InChI is InChI=1S/C14H21NO2S2/c1-2-13-8-9-14(18-13)19(16,17)15-11-10-12-6-4-3-5-7-12/h6,8-9,15H,2-5,7,10-11H2,1H3. The van der Waals surface area contributed by atoms with Crippen molar-refractivity contribution in [2.75, 3.05) is 6.54 Å². The lowest BCUT2D eigenvalue weighted by atomic mass is 9.97. The third-order valence-electron chi connectivity index (χ3n) is 3.37. The van der Waals surface area contributed by atoms with Gasteiger partial charge in [-0.2, -0.15) is 0 Å². The van der Waals surface area contributed by atoms with E-state index < -0.39 is 10.0 Å². The molecule has 1 aliphatic carbocycles. The van der Waals surface area contributed by atoms with Crippen LogP contribution in [0.3, 0.4) is 0 Å². The molecule has 0 saturated carbocycles. The van der Waals surface area contributed by atoms with Crippen molar-refractivity contribution in [3.63, 3.8) is 0 Å². The van der Waals surface area contributed by atoms with Crippen molar-refractivity contribution < 1.29 is 8.42 Å². The van der Waals surface area contributed by atoms with E-state index in [-0.39, 0.29) is 0 Å². The molecular formula is C14H21NO2S2. The smallest absolute Gasteiger partial charge is 0.210 e. The Morgan fingerprint density at radius 1 is 1.32 bits per heavy atom. The minimum atomic E-state index is -3.31. The molecule has 0 radical (unpaired) electrons. The van der Waals surface area contributed by atoms with E-state index in [9.17, 15) is 8.42 Å². The molecule has 0 unspecified atom stereocenters. The van der Waals surface area contributed by atoms with E-state index in [1.165, 1.54) is 29.8 Å². The molecule has 0 atom stereocenters. The van der Waals surface area contributed by atoms with Crippen molar-refractivity contribution in [2.24, 2.45) is 0 Å². The van der Waals surface area contributed by atoms with Gasteiger partial charge in [0.25, 0.3) is 0 Å². The molecule has 2 rings (SSSR count). The Morgan fingerprint density at radius 2 is 2.16 bits per heavy atom. The molecule has 1 N–H and O–H groups in total. The van der Waals surface area contributed by atoms with Gasteiger partial charge >= 0.3 is 0 Å². The minimum Gasteiger partial charge on any atom is -0.210 e. The molecule has 0 bridgehead atoms. The summed E-state index contributed by atoms with van der Waals surface area (Å²) in [5.41, 5.74) is 1.40. The first-order valence-corrected chi connectivity index (χ1v) is 9.18. The fourth-order valence-electron chi connectivity index (χ4n) is 2.24. The Bertz CT molecular complexity index is 544. The van der Waals surface area contributed by atoms with Crippen LogP contribution in [0.5, 0.6) is 0 Å². The predicted octanol–water partition coefficient (Wildman–Crippen LogP) is 3.48. The summed E-state index contributed by atoms with van der Waals surface area (Å²) in [7, 11) is -3.31. The topological polar surface area (TPSA) is 46.2 Å². The van der Waals surface area contributed by atoms with Gasteiger partial charge in [-0.1, -0.05) is 18.6 Å². The first kappa shape index (κ1) is 14.8. The van der Waals surface area contributed by atoms with Crippen LogP contribution in [0.25, 0.3) is 0 Å². The SMILES string of the molecule is CCc1ccc(S(=O)(=O)NCCC2=CCCCC2)s1. The molecule has 1 aromatic heterocycles. The first-order chi connectivity index (χ1) is 9.12. The first-order valence-electron chi connectivity index (χ1n) is 6.88. The Labute approximate surface area is 119 Å². The number of rotatable bonds is 6. The molecule has 106 valence electrons. The highest BCUT2D eigenvalue weighted by molar-refractivity contribution is 7.91. The van der Waals surface area contributed by atoms with Crippen LogP contribution in [0.2, 0.25) is 0 Å². The van der Waals surface area contributed by atoms with Gasteiger partial charge in [0.05, 0.1) is 0 Å². The molecule has 0 saturated heterocycles. The molecule has 1 aliphatic rings. The number of sulfonamides is 1. The zero-order valence-corrected chi connectivity index (χ0v) is 12.9. The maximum atomic E-state index is 12.1. The molecule has 1 aromatic rings. The maximum absolute atomic E-state index is 12.1. The van der Waals surface area contributed by atoms with Crippen LogP contribution in [-0.4, -0.2) is 15.0 Å². The summed E-state index contributed by atoms with van der Waals surface area (Å²) in [6.45, 7) is 2.54. The van der Waals surface area contributed by atoms with Crippen molar-refractivity contribution in [2.45, 2.75) is 49.7 Å². The van der Waals surface area contributed by atoms with Crippen LogP contribution in [0.15, 0.2) is 28.0 Å². The average Bonchev–Trinajstić information content (AvgIpc) is 2.89. The maximum Gasteiger partial charge on any atom is 0.250 e. The van der Waals surface area contributed by atoms with Crippen molar-refractivity contribution in [3.8, 4) is 0 Å². The van der Waals surface area contributed by atoms with E-state index in [0.29, 0.717) is 10.8 Å². The van der Waals surface area contributed by atoms with Crippen molar-refractivity contribution in [1.82, 2.24) is 4.72 Å². The number of hydrogen-bond acceptors (Lipinski definition) is 3. The van der Waals surface area contributed by atoms with E-state index in [1.807, 2.05) is 13.0 Å². The van der Waals surface area contributed by atoms with Crippen LogP contribution >= 0.6 is 11.3 Å². The van der Waals surface area contributed by atoms with Crippen molar-refractivity contribution in [1.29, 1.82) is 0 Å².